The van der Waals surface area contributed by atoms with Gasteiger partial charge in [-0.1, -0.05) is 161 Å². The van der Waals surface area contributed by atoms with Crippen LogP contribution in [0, 0.1) is 0 Å². The first-order chi connectivity index (χ1) is 33.8. The lowest BCUT2D eigenvalue weighted by atomic mass is 9.96. The molecule has 19 nitrogen and oxygen atoms in total. The van der Waals surface area contributed by atoms with Crippen LogP contribution in [0.1, 0.15) is 174 Å². The van der Waals surface area contributed by atoms with Crippen molar-refractivity contribution >= 4 is 5.91 Å². The molecule has 0 aromatic rings. The minimum Gasteiger partial charge on any atom is -0.394 e. The Hall–Kier alpha value is -1.47. The highest BCUT2D eigenvalue weighted by molar-refractivity contribution is 5.76. The minimum atomic E-state index is -1.97. The molecule has 12 N–H and O–H groups in total. The number of aliphatic hydroxyl groups is 11. The molecule has 0 radical (unpaired) electrons. The molecule has 70 heavy (non-hydrogen) atoms. The third-order valence-electron chi connectivity index (χ3n) is 13.8. The molecule has 1 amide bonds. The summed E-state index contributed by atoms with van der Waals surface area (Å²) < 4.78 is 34.1. The second-order valence-corrected chi connectivity index (χ2v) is 19.7. The lowest BCUT2D eigenvalue weighted by Crippen LogP contribution is -2.66. The van der Waals surface area contributed by atoms with Crippen molar-refractivity contribution in [3.63, 3.8) is 0 Å². The number of ether oxygens (including phenoxy) is 6. The number of nitrogens with one attached hydrogen (secondary N) is 1. The number of hydrogen-bond acceptors (Lipinski definition) is 18. The molecule has 3 saturated heterocycles. The van der Waals surface area contributed by atoms with Gasteiger partial charge >= 0.3 is 0 Å². The zero-order chi connectivity index (χ0) is 51.3. The van der Waals surface area contributed by atoms with Crippen molar-refractivity contribution in [3.05, 3.63) is 12.2 Å². The molecule has 0 saturated carbocycles. The van der Waals surface area contributed by atoms with E-state index in [1.54, 1.807) is 6.08 Å². The summed E-state index contributed by atoms with van der Waals surface area (Å²) in [6, 6.07) is -0.963. The van der Waals surface area contributed by atoms with Crippen molar-refractivity contribution in [2.24, 2.45) is 0 Å². The van der Waals surface area contributed by atoms with E-state index in [1.165, 1.54) is 89.9 Å². The molecule has 3 rings (SSSR count). The zero-order valence-corrected chi connectivity index (χ0v) is 42.3. The molecule has 0 bridgehead atoms. The average Bonchev–Trinajstić information content (AvgIpc) is 3.35. The lowest BCUT2D eigenvalue weighted by molar-refractivity contribution is -0.379. The SMILES string of the molecule is CCCCCCCCCCCCCCCCCC/C=C/C(O)C(COC1OC(CO)C(OC2OC(CO)C(OC3OC(CO)C(O)C(O)C3O)C(O)C2O)C(O)C1O)NC(=O)CCCCCCCCC. The van der Waals surface area contributed by atoms with Gasteiger partial charge in [-0.3, -0.25) is 4.79 Å². The Balaban J connectivity index is 1.52. The van der Waals surface area contributed by atoms with E-state index in [0.29, 0.717) is 6.42 Å². The second kappa shape index (κ2) is 36.5. The van der Waals surface area contributed by atoms with Crippen LogP contribution in [-0.2, 0) is 33.2 Å². The number of hydrogen-bond donors (Lipinski definition) is 12. The quantitative estimate of drug-likeness (QED) is 0.0313. The average molecular weight is 1010 g/mol. The van der Waals surface area contributed by atoms with Gasteiger partial charge in [0.15, 0.2) is 18.9 Å². The monoisotopic (exact) mass is 1010 g/mol. The number of allylic oxidation sites excluding steroid dienone is 1. The van der Waals surface area contributed by atoms with Crippen LogP contribution >= 0.6 is 0 Å². The van der Waals surface area contributed by atoms with Crippen molar-refractivity contribution in [1.82, 2.24) is 5.32 Å². The molecule has 19 heteroatoms. The summed E-state index contributed by atoms with van der Waals surface area (Å²) in [7, 11) is 0. The zero-order valence-electron chi connectivity index (χ0n) is 42.3. The van der Waals surface area contributed by atoms with E-state index in [2.05, 4.69) is 19.2 Å². The molecule has 0 aromatic carbocycles. The van der Waals surface area contributed by atoms with Crippen molar-refractivity contribution in [3.8, 4) is 0 Å². The summed E-state index contributed by atoms with van der Waals surface area (Å²) in [6.07, 6.45) is 5.28. The highest BCUT2D eigenvalue weighted by atomic mass is 16.8. The maximum atomic E-state index is 13.1. The van der Waals surface area contributed by atoms with Gasteiger partial charge in [-0.2, -0.15) is 0 Å². The maximum Gasteiger partial charge on any atom is 0.220 e. The number of carbonyl (C=O) groups excluding carboxylic acids is 1. The van der Waals surface area contributed by atoms with Gasteiger partial charge in [-0.25, -0.2) is 0 Å². The Labute approximate surface area is 416 Å². The Morgan fingerprint density at radius 2 is 0.886 bits per heavy atom. The van der Waals surface area contributed by atoms with Gasteiger partial charge in [0.1, 0.15) is 73.2 Å². The van der Waals surface area contributed by atoms with Crippen LogP contribution in [0.2, 0.25) is 0 Å². The summed E-state index contributed by atoms with van der Waals surface area (Å²) in [6.45, 7) is 1.65. The Bertz CT molecular complexity index is 1350. The van der Waals surface area contributed by atoms with Gasteiger partial charge in [-0.05, 0) is 19.3 Å². The van der Waals surface area contributed by atoms with Crippen LogP contribution < -0.4 is 5.32 Å². The molecule has 0 aliphatic carbocycles. The van der Waals surface area contributed by atoms with E-state index in [-0.39, 0.29) is 18.9 Å². The van der Waals surface area contributed by atoms with Crippen LogP contribution in [0.25, 0.3) is 0 Å². The minimum absolute atomic E-state index is 0.244. The van der Waals surface area contributed by atoms with Crippen LogP contribution in [0.4, 0.5) is 0 Å². The fraction of sp³-hybridized carbons (Fsp3) is 0.941. The van der Waals surface area contributed by atoms with Crippen LogP contribution in [-0.4, -0.2) is 193 Å². The van der Waals surface area contributed by atoms with Gasteiger partial charge in [0.25, 0.3) is 0 Å². The first kappa shape index (κ1) is 62.8. The van der Waals surface area contributed by atoms with Crippen molar-refractivity contribution in [2.45, 2.75) is 279 Å². The summed E-state index contributed by atoms with van der Waals surface area (Å²) in [5.74, 6) is -0.283. The van der Waals surface area contributed by atoms with E-state index in [9.17, 15) is 61.0 Å². The van der Waals surface area contributed by atoms with Gasteiger partial charge in [0.2, 0.25) is 5.91 Å². The molecule has 3 fully saturated rings. The third kappa shape index (κ3) is 21.8. The molecule has 3 aliphatic heterocycles. The number of amides is 1. The van der Waals surface area contributed by atoms with Crippen LogP contribution in [0.3, 0.4) is 0 Å². The molecule has 3 aliphatic rings. The van der Waals surface area contributed by atoms with Gasteiger partial charge in [0, 0.05) is 6.42 Å². The predicted octanol–water partition coefficient (Wildman–Crippen LogP) is 2.65. The van der Waals surface area contributed by atoms with Gasteiger partial charge in [-0.15, -0.1) is 0 Å². The molecule has 0 spiro atoms. The van der Waals surface area contributed by atoms with Crippen LogP contribution in [0.15, 0.2) is 12.2 Å². The van der Waals surface area contributed by atoms with E-state index in [1.807, 2.05) is 6.08 Å². The molecular formula is C51H95NO18. The van der Waals surface area contributed by atoms with E-state index >= 15 is 0 Å². The normalized spacial score (nSPS) is 32.6. The van der Waals surface area contributed by atoms with E-state index < -0.39 is 124 Å². The molecular weight excluding hydrogens is 915 g/mol. The molecule has 0 aromatic heterocycles. The number of carbonyl (C=O) groups is 1. The Kier molecular flexibility index (Phi) is 32.7. The van der Waals surface area contributed by atoms with Gasteiger partial charge in [0.05, 0.1) is 38.6 Å². The number of rotatable bonds is 38. The first-order valence-corrected chi connectivity index (χ1v) is 26.9. The van der Waals surface area contributed by atoms with E-state index in [4.69, 9.17) is 28.4 Å². The Morgan fingerprint density at radius 1 is 0.500 bits per heavy atom. The smallest absolute Gasteiger partial charge is 0.220 e. The predicted molar refractivity (Wildman–Crippen MR) is 259 cm³/mol. The standard InChI is InChI=1S/C51H95NO18/c1-3-5-7-9-11-12-13-14-15-16-17-18-19-20-21-23-24-26-28-35(56)34(52-39(57)29-27-25-22-10-8-6-4-2)33-65-49-45(63)42(60)47(37(31-54)67-49)70-51-46(64)43(61)48(38(32-55)68-51)69-50-44(62)41(59)40(58)36(30-53)66-50/h26,28,34-38,40-51,53-56,58-64H,3-25,27,29-33H2,1-2H3,(H,52,57)/b28-26+. The van der Waals surface area contributed by atoms with Crippen molar-refractivity contribution in [2.75, 3.05) is 26.4 Å². The maximum absolute atomic E-state index is 13.1. The lowest BCUT2D eigenvalue weighted by Gasteiger charge is -2.48. The molecule has 17 unspecified atom stereocenters. The van der Waals surface area contributed by atoms with Crippen LogP contribution in [0.5, 0.6) is 0 Å². The summed E-state index contributed by atoms with van der Waals surface area (Å²) in [5.41, 5.74) is 0. The number of aliphatic hydroxyl groups excluding tert-OH is 11. The molecule has 412 valence electrons. The summed E-state index contributed by atoms with van der Waals surface area (Å²) >= 11 is 0. The molecule has 17 atom stereocenters. The Morgan fingerprint density at radius 3 is 1.34 bits per heavy atom. The number of unbranched alkanes of at least 4 members (excludes halogenated alkanes) is 22. The van der Waals surface area contributed by atoms with E-state index in [0.717, 1.165) is 57.8 Å². The summed E-state index contributed by atoms with van der Waals surface area (Å²) in [5, 5.41) is 119. The highest BCUT2D eigenvalue weighted by Gasteiger charge is 2.53. The second-order valence-electron chi connectivity index (χ2n) is 19.7. The fourth-order valence-corrected chi connectivity index (χ4v) is 9.31. The largest absolute Gasteiger partial charge is 0.394 e. The topological polar surface area (TPSA) is 307 Å². The summed E-state index contributed by atoms with van der Waals surface area (Å²) in [4.78, 5) is 13.1. The van der Waals surface area contributed by atoms with Crippen molar-refractivity contribution < 1.29 is 89.4 Å². The highest BCUT2D eigenvalue weighted by Crippen LogP contribution is 2.33. The fourth-order valence-electron chi connectivity index (χ4n) is 9.31. The third-order valence-corrected chi connectivity index (χ3v) is 13.8. The first-order valence-electron chi connectivity index (χ1n) is 26.9. The molecule has 3 heterocycles. The van der Waals surface area contributed by atoms with Crippen molar-refractivity contribution in [1.29, 1.82) is 0 Å². The van der Waals surface area contributed by atoms with Gasteiger partial charge < -0.3 is 89.9 Å².